The van der Waals surface area contributed by atoms with Gasteiger partial charge in [0, 0.05) is 12.6 Å². The Kier molecular flexibility index (Phi) is 3.10. The molecule has 2 fully saturated rings. The molecule has 0 heterocycles. The van der Waals surface area contributed by atoms with Crippen LogP contribution in [0.4, 0.5) is 0 Å². The maximum Gasteiger partial charge on any atom is 0.0771 e. The van der Waals surface area contributed by atoms with Gasteiger partial charge < -0.3 is 15.5 Å². The van der Waals surface area contributed by atoms with Crippen LogP contribution in [0.25, 0.3) is 0 Å². The second-order valence-electron chi connectivity index (χ2n) is 4.92. The summed E-state index contributed by atoms with van der Waals surface area (Å²) in [4.78, 5) is 0. The molecule has 3 nitrogen and oxygen atoms in total. The predicted molar refractivity (Wildman–Crippen MR) is 55.1 cm³/mol. The maximum atomic E-state index is 10.1. The summed E-state index contributed by atoms with van der Waals surface area (Å²) in [7, 11) is 0. The molecular weight excluding hydrogens is 178 g/mol. The number of rotatable bonds is 3. The molecular formula is C11H21NO2. The van der Waals surface area contributed by atoms with Gasteiger partial charge in [0.2, 0.25) is 0 Å². The molecule has 14 heavy (non-hydrogen) atoms. The minimum atomic E-state index is -0.484. The highest BCUT2D eigenvalue weighted by atomic mass is 16.3. The van der Waals surface area contributed by atoms with E-state index in [2.05, 4.69) is 5.32 Å². The Morgan fingerprint density at radius 3 is 2.43 bits per heavy atom. The second kappa shape index (κ2) is 4.17. The lowest BCUT2D eigenvalue weighted by Gasteiger charge is -2.26. The summed E-state index contributed by atoms with van der Waals surface area (Å²) in [6, 6.07) is 0.222. The molecule has 2 aliphatic carbocycles. The highest BCUT2D eigenvalue weighted by Gasteiger charge is 2.33. The molecule has 2 atom stereocenters. The summed E-state index contributed by atoms with van der Waals surface area (Å²) in [5.74, 6) is 0. The van der Waals surface area contributed by atoms with Gasteiger partial charge in [0.05, 0.1) is 11.7 Å². The van der Waals surface area contributed by atoms with Gasteiger partial charge in [0.15, 0.2) is 0 Å². The fourth-order valence-corrected chi connectivity index (χ4v) is 2.71. The van der Waals surface area contributed by atoms with Gasteiger partial charge in [-0.15, -0.1) is 0 Å². The molecule has 2 aliphatic rings. The average Bonchev–Trinajstić information content (AvgIpc) is 2.73. The molecule has 0 spiro atoms. The number of aliphatic hydroxyl groups is 2. The van der Waals surface area contributed by atoms with Crippen LogP contribution in [-0.4, -0.2) is 34.5 Å². The first-order valence-electron chi connectivity index (χ1n) is 5.83. The first kappa shape index (κ1) is 10.4. The fraction of sp³-hybridized carbons (Fsp3) is 1.00. The molecule has 0 radical (unpaired) electrons. The lowest BCUT2D eigenvalue weighted by Crippen LogP contribution is -2.45. The number of aliphatic hydroxyl groups excluding tert-OH is 1. The smallest absolute Gasteiger partial charge is 0.0771 e. The molecule has 3 N–H and O–H groups in total. The van der Waals surface area contributed by atoms with E-state index in [0.29, 0.717) is 6.54 Å². The van der Waals surface area contributed by atoms with E-state index < -0.39 is 5.60 Å². The van der Waals surface area contributed by atoms with E-state index in [4.69, 9.17) is 0 Å². The van der Waals surface area contributed by atoms with Crippen molar-refractivity contribution in [2.75, 3.05) is 6.54 Å². The van der Waals surface area contributed by atoms with Crippen LogP contribution in [-0.2, 0) is 0 Å². The molecule has 0 saturated heterocycles. The van der Waals surface area contributed by atoms with Gasteiger partial charge in [0.1, 0.15) is 0 Å². The number of nitrogens with one attached hydrogen (secondary N) is 1. The van der Waals surface area contributed by atoms with E-state index in [1.54, 1.807) is 0 Å². The highest BCUT2D eigenvalue weighted by molar-refractivity contribution is 4.90. The van der Waals surface area contributed by atoms with Crippen molar-refractivity contribution in [2.24, 2.45) is 0 Å². The average molecular weight is 199 g/mol. The van der Waals surface area contributed by atoms with Gasteiger partial charge in [-0.2, -0.15) is 0 Å². The van der Waals surface area contributed by atoms with Crippen LogP contribution in [0.1, 0.15) is 44.9 Å². The molecule has 2 saturated carbocycles. The molecule has 2 unspecified atom stereocenters. The summed E-state index contributed by atoms with van der Waals surface area (Å²) >= 11 is 0. The molecule has 0 aromatic rings. The van der Waals surface area contributed by atoms with Crippen molar-refractivity contribution in [2.45, 2.75) is 62.7 Å². The van der Waals surface area contributed by atoms with Crippen LogP contribution in [0.5, 0.6) is 0 Å². The fourth-order valence-electron chi connectivity index (χ4n) is 2.71. The molecule has 2 rings (SSSR count). The zero-order valence-corrected chi connectivity index (χ0v) is 8.71. The van der Waals surface area contributed by atoms with Crippen molar-refractivity contribution in [1.82, 2.24) is 5.32 Å². The Morgan fingerprint density at radius 2 is 1.86 bits per heavy atom. The van der Waals surface area contributed by atoms with Crippen LogP contribution in [0.15, 0.2) is 0 Å². The third-order valence-corrected chi connectivity index (χ3v) is 3.71. The molecule has 3 heteroatoms. The Morgan fingerprint density at radius 1 is 1.14 bits per heavy atom. The van der Waals surface area contributed by atoms with Crippen molar-refractivity contribution in [3.63, 3.8) is 0 Å². The van der Waals surface area contributed by atoms with Gasteiger partial charge in [-0.1, -0.05) is 12.8 Å². The Labute approximate surface area is 85.5 Å². The van der Waals surface area contributed by atoms with Crippen molar-refractivity contribution in [1.29, 1.82) is 0 Å². The summed E-state index contributed by atoms with van der Waals surface area (Å²) in [6.45, 7) is 0.661. The standard InChI is InChI=1S/C11H21NO2/c13-10-5-3-4-9(10)12-8-11(14)6-1-2-7-11/h9-10,12-14H,1-8H2. The van der Waals surface area contributed by atoms with Crippen molar-refractivity contribution in [3.8, 4) is 0 Å². The first-order valence-corrected chi connectivity index (χ1v) is 5.83. The molecule has 0 amide bonds. The Balaban J connectivity index is 1.75. The summed E-state index contributed by atoms with van der Waals surface area (Å²) in [5, 5.41) is 23.0. The van der Waals surface area contributed by atoms with E-state index in [1.807, 2.05) is 0 Å². The minimum Gasteiger partial charge on any atom is -0.392 e. The van der Waals surface area contributed by atoms with Crippen LogP contribution in [0.2, 0.25) is 0 Å². The molecule has 82 valence electrons. The monoisotopic (exact) mass is 199 g/mol. The van der Waals surface area contributed by atoms with Gasteiger partial charge in [-0.05, 0) is 32.1 Å². The zero-order chi connectivity index (χ0) is 10.0. The van der Waals surface area contributed by atoms with E-state index in [-0.39, 0.29) is 12.1 Å². The second-order valence-corrected chi connectivity index (χ2v) is 4.92. The van der Waals surface area contributed by atoms with Crippen molar-refractivity contribution in [3.05, 3.63) is 0 Å². The van der Waals surface area contributed by atoms with Gasteiger partial charge >= 0.3 is 0 Å². The predicted octanol–water partition coefficient (Wildman–Crippen LogP) is 0.794. The Hall–Kier alpha value is -0.120. The Bertz CT molecular complexity index is 190. The SMILES string of the molecule is OC1CCCC1NCC1(O)CCCC1. The van der Waals surface area contributed by atoms with Crippen molar-refractivity contribution >= 4 is 0 Å². The van der Waals surface area contributed by atoms with Gasteiger partial charge in [-0.25, -0.2) is 0 Å². The molecule has 0 aromatic carbocycles. The maximum absolute atomic E-state index is 10.1. The molecule has 0 aromatic heterocycles. The van der Waals surface area contributed by atoms with E-state index in [0.717, 1.165) is 44.9 Å². The van der Waals surface area contributed by atoms with E-state index >= 15 is 0 Å². The quantitative estimate of drug-likeness (QED) is 0.630. The minimum absolute atomic E-state index is 0.194. The van der Waals surface area contributed by atoms with Gasteiger partial charge in [0.25, 0.3) is 0 Å². The van der Waals surface area contributed by atoms with E-state index in [9.17, 15) is 10.2 Å². The van der Waals surface area contributed by atoms with Crippen LogP contribution >= 0.6 is 0 Å². The lowest BCUT2D eigenvalue weighted by molar-refractivity contribution is 0.0386. The molecule has 0 aliphatic heterocycles. The van der Waals surface area contributed by atoms with Crippen LogP contribution in [0.3, 0.4) is 0 Å². The summed E-state index contributed by atoms with van der Waals surface area (Å²) in [6.07, 6.45) is 7.01. The van der Waals surface area contributed by atoms with Crippen LogP contribution in [0, 0.1) is 0 Å². The highest BCUT2D eigenvalue weighted by Crippen LogP contribution is 2.29. The first-order chi connectivity index (χ1) is 6.70. The number of hydrogen-bond acceptors (Lipinski definition) is 3. The largest absolute Gasteiger partial charge is 0.392 e. The van der Waals surface area contributed by atoms with E-state index in [1.165, 1.54) is 0 Å². The normalized spacial score (nSPS) is 36.4. The van der Waals surface area contributed by atoms with Crippen molar-refractivity contribution < 1.29 is 10.2 Å². The zero-order valence-electron chi connectivity index (χ0n) is 8.71. The van der Waals surface area contributed by atoms with Gasteiger partial charge in [-0.3, -0.25) is 0 Å². The van der Waals surface area contributed by atoms with Crippen LogP contribution < -0.4 is 5.32 Å². The third-order valence-electron chi connectivity index (χ3n) is 3.71. The summed E-state index contributed by atoms with van der Waals surface area (Å²) in [5.41, 5.74) is -0.484. The number of hydrogen-bond donors (Lipinski definition) is 3. The topological polar surface area (TPSA) is 52.5 Å². The third kappa shape index (κ3) is 2.27. The molecule has 0 bridgehead atoms. The summed E-state index contributed by atoms with van der Waals surface area (Å²) < 4.78 is 0. The lowest BCUT2D eigenvalue weighted by atomic mass is 10.0.